The molecule has 0 aliphatic heterocycles. The Bertz CT molecular complexity index is 1980. The second-order valence-corrected chi connectivity index (χ2v) is 13.7. The molecule has 12 nitrogen and oxygen atoms in total. The SMILES string of the molecule is C[C@H](NC(=O)[C@@H](Cc1ccccc1)NC(=O)[C@H](Cc1ccc(C(F)(F)F)cc1)NC(=O)[C@@H](CCCc1ccccc1)NC(=O)CCC(=O)Nc1ccccc1)C(=O)O. The van der Waals surface area contributed by atoms with E-state index >= 15 is 0 Å². The van der Waals surface area contributed by atoms with E-state index in [0.717, 1.165) is 29.8 Å². The van der Waals surface area contributed by atoms with Gasteiger partial charge in [-0.2, -0.15) is 13.2 Å². The molecule has 0 aliphatic rings. The standard InChI is InChI=1S/C43H46F3N5O7/c1-28(42(57)58)47-40(55)35(26-30-14-7-3-8-15-30)51-41(56)36(27-31-20-22-32(23-21-31)43(44,45)46)50-39(54)34(19-11-16-29-12-5-2-6-13-29)49-38(53)25-24-37(52)48-33-17-9-4-10-18-33/h2-10,12-15,17-18,20-23,28,34-36H,11,16,19,24-27H2,1H3,(H,47,55)(H,48,52)(H,49,53)(H,50,54)(H,51,56)(H,57,58)/t28-,34+,35+,36-/m0/s1. The van der Waals surface area contributed by atoms with E-state index in [9.17, 15) is 47.0 Å². The van der Waals surface area contributed by atoms with Crippen LogP contribution in [0.2, 0.25) is 0 Å². The van der Waals surface area contributed by atoms with Crippen molar-refractivity contribution in [2.24, 2.45) is 0 Å². The lowest BCUT2D eigenvalue weighted by Crippen LogP contribution is -2.58. The first-order valence-electron chi connectivity index (χ1n) is 18.7. The number of carbonyl (C=O) groups excluding carboxylic acids is 5. The molecule has 5 amide bonds. The minimum absolute atomic E-state index is 0.0677. The van der Waals surface area contributed by atoms with Crippen molar-refractivity contribution >= 4 is 41.2 Å². The number of amides is 5. The molecule has 0 bridgehead atoms. The molecule has 4 rings (SSSR count). The van der Waals surface area contributed by atoms with E-state index in [2.05, 4.69) is 26.6 Å². The van der Waals surface area contributed by atoms with Crippen molar-refractivity contribution in [1.29, 1.82) is 0 Å². The summed E-state index contributed by atoms with van der Waals surface area (Å²) in [4.78, 5) is 78.7. The van der Waals surface area contributed by atoms with E-state index in [1.807, 2.05) is 30.3 Å². The first-order chi connectivity index (χ1) is 27.7. The molecule has 0 aromatic heterocycles. The summed E-state index contributed by atoms with van der Waals surface area (Å²) >= 11 is 0. The lowest BCUT2D eigenvalue weighted by Gasteiger charge is -2.26. The second-order valence-electron chi connectivity index (χ2n) is 13.7. The minimum Gasteiger partial charge on any atom is -0.480 e. The third kappa shape index (κ3) is 14.9. The molecule has 306 valence electrons. The number of hydrogen-bond donors (Lipinski definition) is 6. The third-order valence-electron chi connectivity index (χ3n) is 9.09. The molecular formula is C43H46F3N5O7. The van der Waals surface area contributed by atoms with E-state index < -0.39 is 71.4 Å². The third-order valence-corrected chi connectivity index (χ3v) is 9.09. The van der Waals surface area contributed by atoms with Gasteiger partial charge >= 0.3 is 12.1 Å². The van der Waals surface area contributed by atoms with Crippen LogP contribution in [-0.2, 0) is 54.2 Å². The highest BCUT2D eigenvalue weighted by atomic mass is 19.4. The molecule has 4 atom stereocenters. The normalized spacial score (nSPS) is 13.2. The topological polar surface area (TPSA) is 183 Å². The summed E-state index contributed by atoms with van der Waals surface area (Å²) in [5.41, 5.74) is 1.46. The van der Waals surface area contributed by atoms with Gasteiger partial charge in [-0.3, -0.25) is 28.8 Å². The Balaban J connectivity index is 1.57. The van der Waals surface area contributed by atoms with Crippen LogP contribution in [0.1, 0.15) is 54.9 Å². The largest absolute Gasteiger partial charge is 0.480 e. The molecule has 0 saturated carbocycles. The van der Waals surface area contributed by atoms with Crippen molar-refractivity contribution in [3.05, 3.63) is 138 Å². The van der Waals surface area contributed by atoms with Gasteiger partial charge in [-0.15, -0.1) is 0 Å². The number of hydrogen-bond acceptors (Lipinski definition) is 6. The average molecular weight is 802 g/mol. The minimum atomic E-state index is -4.62. The first kappa shape index (κ1) is 44.2. The molecular weight excluding hydrogens is 755 g/mol. The summed E-state index contributed by atoms with van der Waals surface area (Å²) in [6, 6.07) is 25.3. The highest BCUT2D eigenvalue weighted by Crippen LogP contribution is 2.29. The number of para-hydroxylation sites is 1. The molecule has 15 heteroatoms. The van der Waals surface area contributed by atoms with Crippen LogP contribution in [0.25, 0.3) is 0 Å². The maximum Gasteiger partial charge on any atom is 0.416 e. The fraction of sp³-hybridized carbons (Fsp3) is 0.302. The van der Waals surface area contributed by atoms with Crippen LogP contribution in [0.15, 0.2) is 115 Å². The zero-order valence-electron chi connectivity index (χ0n) is 31.8. The van der Waals surface area contributed by atoms with E-state index in [1.54, 1.807) is 60.7 Å². The molecule has 58 heavy (non-hydrogen) atoms. The molecule has 0 unspecified atom stereocenters. The number of halogens is 3. The van der Waals surface area contributed by atoms with E-state index in [-0.39, 0.29) is 37.7 Å². The Morgan fingerprint density at radius 1 is 0.569 bits per heavy atom. The fourth-order valence-corrected chi connectivity index (χ4v) is 5.92. The Kier molecular flexibility index (Phi) is 16.5. The zero-order chi connectivity index (χ0) is 42.1. The van der Waals surface area contributed by atoms with E-state index in [0.29, 0.717) is 24.1 Å². The molecule has 4 aromatic carbocycles. The van der Waals surface area contributed by atoms with Gasteiger partial charge in [0.1, 0.15) is 24.2 Å². The highest BCUT2D eigenvalue weighted by molar-refractivity contribution is 5.96. The van der Waals surface area contributed by atoms with Crippen molar-refractivity contribution in [3.63, 3.8) is 0 Å². The molecule has 6 N–H and O–H groups in total. The van der Waals surface area contributed by atoms with Crippen molar-refractivity contribution in [1.82, 2.24) is 21.3 Å². The zero-order valence-corrected chi connectivity index (χ0v) is 31.8. The number of benzene rings is 4. The van der Waals surface area contributed by atoms with Gasteiger partial charge < -0.3 is 31.7 Å². The smallest absolute Gasteiger partial charge is 0.416 e. The number of anilines is 1. The number of carboxylic acid groups (broad SMARTS) is 1. The number of carboxylic acids is 1. The van der Waals surface area contributed by atoms with Gasteiger partial charge in [0.05, 0.1) is 5.56 Å². The lowest BCUT2D eigenvalue weighted by atomic mass is 10.00. The van der Waals surface area contributed by atoms with Gasteiger partial charge in [-0.25, -0.2) is 0 Å². The van der Waals surface area contributed by atoms with Crippen LogP contribution in [-0.4, -0.2) is 64.8 Å². The van der Waals surface area contributed by atoms with E-state index in [4.69, 9.17) is 0 Å². The summed E-state index contributed by atoms with van der Waals surface area (Å²) in [7, 11) is 0. The predicted octanol–water partition coefficient (Wildman–Crippen LogP) is 4.98. The summed E-state index contributed by atoms with van der Waals surface area (Å²) < 4.78 is 40.1. The van der Waals surface area contributed by atoms with Crippen LogP contribution < -0.4 is 26.6 Å². The number of aliphatic carboxylic acids is 1. The van der Waals surface area contributed by atoms with Gasteiger partial charge in [0.15, 0.2) is 0 Å². The molecule has 0 fully saturated rings. The van der Waals surface area contributed by atoms with Crippen molar-refractivity contribution in [2.75, 3.05) is 5.32 Å². The first-order valence-corrected chi connectivity index (χ1v) is 18.7. The fourth-order valence-electron chi connectivity index (χ4n) is 5.92. The van der Waals surface area contributed by atoms with Crippen LogP contribution in [0, 0.1) is 0 Å². The van der Waals surface area contributed by atoms with Crippen LogP contribution >= 0.6 is 0 Å². The van der Waals surface area contributed by atoms with Crippen molar-refractivity contribution in [2.45, 2.75) is 82.2 Å². The van der Waals surface area contributed by atoms with Gasteiger partial charge in [-0.05, 0) is 67.1 Å². The van der Waals surface area contributed by atoms with Crippen LogP contribution in [0.5, 0.6) is 0 Å². The molecule has 0 heterocycles. The Morgan fingerprint density at radius 2 is 1.03 bits per heavy atom. The molecule has 0 saturated heterocycles. The predicted molar refractivity (Wildman–Crippen MR) is 210 cm³/mol. The summed E-state index contributed by atoms with van der Waals surface area (Å²) in [6.07, 6.45) is -4.38. The summed E-state index contributed by atoms with van der Waals surface area (Å²) in [5.74, 6) is -4.85. The van der Waals surface area contributed by atoms with Crippen LogP contribution in [0.4, 0.5) is 18.9 Å². The Labute approximate surface area is 334 Å². The number of carbonyl (C=O) groups is 6. The molecule has 0 spiro atoms. The van der Waals surface area contributed by atoms with Gasteiger partial charge in [-0.1, -0.05) is 91.0 Å². The highest BCUT2D eigenvalue weighted by Gasteiger charge is 2.33. The van der Waals surface area contributed by atoms with Crippen molar-refractivity contribution in [3.8, 4) is 0 Å². The van der Waals surface area contributed by atoms with Crippen LogP contribution in [0.3, 0.4) is 0 Å². The Hall–Kier alpha value is -6.51. The number of alkyl halides is 3. The number of nitrogens with one attached hydrogen (secondary N) is 5. The van der Waals surface area contributed by atoms with Crippen molar-refractivity contribution < 1.29 is 47.0 Å². The lowest BCUT2D eigenvalue weighted by molar-refractivity contribution is -0.141. The van der Waals surface area contributed by atoms with Gasteiger partial charge in [0.2, 0.25) is 29.5 Å². The van der Waals surface area contributed by atoms with Gasteiger partial charge in [0.25, 0.3) is 0 Å². The second kappa shape index (κ2) is 21.7. The number of rotatable bonds is 20. The molecule has 0 radical (unpaired) electrons. The van der Waals surface area contributed by atoms with Gasteiger partial charge in [0, 0.05) is 31.4 Å². The maximum absolute atomic E-state index is 14.1. The maximum atomic E-state index is 14.1. The summed E-state index contributed by atoms with van der Waals surface area (Å²) in [6.45, 7) is 1.25. The monoisotopic (exact) mass is 801 g/mol. The summed E-state index contributed by atoms with van der Waals surface area (Å²) in [5, 5.41) is 22.3. The molecule has 4 aromatic rings. The quantitative estimate of drug-likeness (QED) is 0.0729. The number of aryl methyl sites for hydroxylation is 1. The molecule has 0 aliphatic carbocycles. The average Bonchev–Trinajstić information content (AvgIpc) is 3.20. The Morgan fingerprint density at radius 3 is 1.57 bits per heavy atom. The van der Waals surface area contributed by atoms with E-state index in [1.165, 1.54) is 6.92 Å².